The summed E-state index contributed by atoms with van der Waals surface area (Å²) < 4.78 is 9.04. The Bertz CT molecular complexity index is 157. The number of hydrogen-bond acceptors (Lipinski definition) is 4. The van der Waals surface area contributed by atoms with Crippen molar-refractivity contribution in [1.29, 1.82) is 0 Å². The number of hydrogen-bond donors (Lipinski definition) is 0. The molecule has 0 aromatic carbocycles. The normalized spacial score (nSPS) is 9.17. The molecule has 0 spiro atoms. The summed E-state index contributed by atoms with van der Waals surface area (Å²) in [5.41, 5.74) is 0. The molecule has 70 valence electrons. The van der Waals surface area contributed by atoms with Crippen molar-refractivity contribution < 1.29 is 19.1 Å². The lowest BCUT2D eigenvalue weighted by Gasteiger charge is -2.00. The van der Waals surface area contributed by atoms with Crippen LogP contribution in [0, 0.1) is 0 Å². The molecule has 0 unspecified atom stereocenters. The predicted octanol–water partition coefficient (Wildman–Crippen LogP) is 0.878. The maximum atomic E-state index is 10.8. The van der Waals surface area contributed by atoms with Crippen molar-refractivity contribution in [2.24, 2.45) is 0 Å². The minimum atomic E-state index is -0.397. The number of alkyl halides is 1. The molecule has 0 saturated carbocycles. The Morgan fingerprint density at radius 1 is 1.25 bits per heavy atom. The molecular formula is C7H11BrO4. The second kappa shape index (κ2) is 7.09. The molecule has 0 radical (unpaired) electrons. The summed E-state index contributed by atoms with van der Waals surface area (Å²) in [5.74, 6) is -0.773. The van der Waals surface area contributed by atoms with Crippen LogP contribution in [0.15, 0.2) is 0 Å². The minimum Gasteiger partial charge on any atom is -0.469 e. The number of ether oxygens (including phenoxy) is 2. The van der Waals surface area contributed by atoms with Crippen LogP contribution in [0.25, 0.3) is 0 Å². The van der Waals surface area contributed by atoms with Gasteiger partial charge in [-0.2, -0.15) is 0 Å². The Hall–Kier alpha value is -0.580. The van der Waals surface area contributed by atoms with Gasteiger partial charge in [0.2, 0.25) is 0 Å². The van der Waals surface area contributed by atoms with E-state index in [0.717, 1.165) is 0 Å². The fourth-order valence-corrected chi connectivity index (χ4v) is 0.693. The Kier molecular flexibility index (Phi) is 6.75. The van der Waals surface area contributed by atoms with Gasteiger partial charge in [-0.1, -0.05) is 15.9 Å². The lowest BCUT2D eigenvalue weighted by molar-refractivity contribution is -0.148. The van der Waals surface area contributed by atoms with E-state index >= 15 is 0 Å². The van der Waals surface area contributed by atoms with Crippen LogP contribution >= 0.6 is 15.9 Å². The SMILES string of the molecule is COC(=O)CCC(=O)OCCBr. The molecule has 0 rings (SSSR count). The standard InChI is InChI=1S/C7H11BrO4/c1-11-6(9)2-3-7(10)12-5-4-8/h2-5H2,1H3. The highest BCUT2D eigenvalue weighted by Gasteiger charge is 2.06. The van der Waals surface area contributed by atoms with Gasteiger partial charge in [-0.3, -0.25) is 9.59 Å². The molecule has 0 fully saturated rings. The molecular weight excluding hydrogens is 228 g/mol. The summed E-state index contributed by atoms with van der Waals surface area (Å²) in [6.07, 6.45) is 0.164. The van der Waals surface area contributed by atoms with E-state index in [1.807, 2.05) is 0 Å². The molecule has 0 atom stereocenters. The largest absolute Gasteiger partial charge is 0.469 e. The van der Waals surface area contributed by atoms with E-state index in [-0.39, 0.29) is 18.8 Å². The molecule has 0 aliphatic rings. The van der Waals surface area contributed by atoms with Crippen molar-refractivity contribution in [1.82, 2.24) is 0 Å². The minimum absolute atomic E-state index is 0.0810. The zero-order valence-corrected chi connectivity index (χ0v) is 8.43. The highest BCUT2D eigenvalue weighted by molar-refractivity contribution is 9.09. The third kappa shape index (κ3) is 6.15. The van der Waals surface area contributed by atoms with Gasteiger partial charge in [0.25, 0.3) is 0 Å². The van der Waals surface area contributed by atoms with Crippen molar-refractivity contribution in [3.8, 4) is 0 Å². The third-order valence-corrected chi connectivity index (χ3v) is 1.42. The van der Waals surface area contributed by atoms with E-state index in [1.54, 1.807) is 0 Å². The van der Waals surface area contributed by atoms with Gasteiger partial charge in [-0.25, -0.2) is 0 Å². The first-order chi connectivity index (χ1) is 5.70. The smallest absolute Gasteiger partial charge is 0.306 e. The lowest BCUT2D eigenvalue weighted by Crippen LogP contribution is -2.09. The molecule has 0 aromatic heterocycles. The van der Waals surface area contributed by atoms with Crippen molar-refractivity contribution >= 4 is 27.9 Å². The van der Waals surface area contributed by atoms with Crippen molar-refractivity contribution in [3.05, 3.63) is 0 Å². The highest BCUT2D eigenvalue weighted by Crippen LogP contribution is 1.95. The van der Waals surface area contributed by atoms with E-state index in [4.69, 9.17) is 4.74 Å². The summed E-state index contributed by atoms with van der Waals surface area (Å²) >= 11 is 3.10. The molecule has 0 aliphatic heterocycles. The highest BCUT2D eigenvalue weighted by atomic mass is 79.9. The molecule has 12 heavy (non-hydrogen) atoms. The predicted molar refractivity (Wildman–Crippen MR) is 46.0 cm³/mol. The quantitative estimate of drug-likeness (QED) is 0.527. The first kappa shape index (κ1) is 11.4. The Morgan fingerprint density at radius 3 is 2.33 bits per heavy atom. The van der Waals surface area contributed by atoms with Crippen LogP contribution in [-0.2, 0) is 19.1 Å². The van der Waals surface area contributed by atoms with E-state index in [2.05, 4.69) is 20.7 Å². The fourth-order valence-electron chi connectivity index (χ4n) is 0.531. The second-order valence-electron chi connectivity index (χ2n) is 1.99. The lowest BCUT2D eigenvalue weighted by atomic mass is 10.3. The Balaban J connectivity index is 3.37. The van der Waals surface area contributed by atoms with Gasteiger partial charge in [0, 0.05) is 5.33 Å². The zero-order chi connectivity index (χ0) is 9.40. The topological polar surface area (TPSA) is 52.6 Å². The van der Waals surface area contributed by atoms with Gasteiger partial charge >= 0.3 is 11.9 Å². The van der Waals surface area contributed by atoms with Crippen LogP contribution in [-0.4, -0.2) is 31.0 Å². The van der Waals surface area contributed by atoms with Crippen LogP contribution < -0.4 is 0 Å². The summed E-state index contributed by atoms with van der Waals surface area (Å²) in [5, 5.41) is 0.608. The zero-order valence-electron chi connectivity index (χ0n) is 6.84. The van der Waals surface area contributed by atoms with Gasteiger partial charge in [-0.05, 0) is 0 Å². The van der Waals surface area contributed by atoms with Crippen LogP contribution in [0.3, 0.4) is 0 Å². The van der Waals surface area contributed by atoms with Crippen molar-refractivity contribution in [2.45, 2.75) is 12.8 Å². The molecule has 0 aromatic rings. The summed E-state index contributed by atoms with van der Waals surface area (Å²) in [4.78, 5) is 21.3. The molecule has 4 nitrogen and oxygen atoms in total. The van der Waals surface area contributed by atoms with E-state index < -0.39 is 5.97 Å². The molecule has 0 aliphatic carbocycles. The van der Waals surface area contributed by atoms with Crippen molar-refractivity contribution in [2.75, 3.05) is 19.0 Å². The van der Waals surface area contributed by atoms with Gasteiger partial charge in [0.1, 0.15) is 6.61 Å². The van der Waals surface area contributed by atoms with Gasteiger partial charge in [-0.15, -0.1) is 0 Å². The van der Waals surface area contributed by atoms with Crippen molar-refractivity contribution in [3.63, 3.8) is 0 Å². The van der Waals surface area contributed by atoms with E-state index in [1.165, 1.54) is 7.11 Å². The van der Waals surface area contributed by atoms with E-state index in [9.17, 15) is 9.59 Å². The maximum Gasteiger partial charge on any atom is 0.306 e. The van der Waals surface area contributed by atoms with Crippen LogP contribution in [0.2, 0.25) is 0 Å². The van der Waals surface area contributed by atoms with Gasteiger partial charge < -0.3 is 9.47 Å². The molecule has 5 heteroatoms. The van der Waals surface area contributed by atoms with Gasteiger partial charge in [0.15, 0.2) is 0 Å². The monoisotopic (exact) mass is 238 g/mol. The van der Waals surface area contributed by atoms with Gasteiger partial charge in [0.05, 0.1) is 20.0 Å². The maximum absolute atomic E-state index is 10.8. The first-order valence-electron chi connectivity index (χ1n) is 3.49. The number of carbonyl (C=O) groups is 2. The number of carbonyl (C=O) groups excluding carboxylic acids is 2. The molecule has 0 amide bonds. The average molecular weight is 239 g/mol. The number of methoxy groups -OCH3 is 1. The molecule has 0 heterocycles. The second-order valence-corrected chi connectivity index (χ2v) is 2.78. The summed E-state index contributed by atoms with van der Waals surface area (Å²) in [6.45, 7) is 0.333. The summed E-state index contributed by atoms with van der Waals surface area (Å²) in [6, 6.07) is 0. The number of halogens is 1. The first-order valence-corrected chi connectivity index (χ1v) is 4.61. The Labute approximate surface area is 79.3 Å². The van der Waals surface area contributed by atoms with Crippen LogP contribution in [0.5, 0.6) is 0 Å². The van der Waals surface area contributed by atoms with E-state index in [0.29, 0.717) is 11.9 Å². The number of esters is 2. The molecule has 0 N–H and O–H groups in total. The molecule has 0 saturated heterocycles. The Morgan fingerprint density at radius 2 is 1.83 bits per heavy atom. The van der Waals surface area contributed by atoms with Crippen LogP contribution in [0.4, 0.5) is 0 Å². The van der Waals surface area contributed by atoms with Crippen LogP contribution in [0.1, 0.15) is 12.8 Å². The third-order valence-electron chi connectivity index (χ3n) is 1.10. The average Bonchev–Trinajstić information content (AvgIpc) is 2.10. The fraction of sp³-hybridized carbons (Fsp3) is 0.714. The molecule has 0 bridgehead atoms. The number of rotatable bonds is 5. The summed E-state index contributed by atoms with van der Waals surface area (Å²) in [7, 11) is 1.28.